The molecule has 0 bridgehead atoms. The number of allylic oxidation sites excluding steroid dienone is 1. The van der Waals surface area contributed by atoms with E-state index in [1.54, 1.807) is 6.08 Å². The molecule has 19 heavy (non-hydrogen) atoms. The zero-order valence-corrected chi connectivity index (χ0v) is 13.6. The minimum atomic E-state index is 0.838. The van der Waals surface area contributed by atoms with Crippen LogP contribution in [0.25, 0.3) is 0 Å². The van der Waals surface area contributed by atoms with Gasteiger partial charge in [-0.3, -0.25) is 0 Å². The molecule has 0 aromatic heterocycles. The van der Waals surface area contributed by atoms with Crippen LogP contribution in [-0.2, 0) is 0 Å². The fourth-order valence-electron chi connectivity index (χ4n) is 2.48. The SMILES string of the molecule is [CH]=CCCCCCCCCCCCCCCCCCl. The van der Waals surface area contributed by atoms with Crippen LogP contribution in [0.15, 0.2) is 6.08 Å². The molecule has 0 heterocycles. The third kappa shape index (κ3) is 18.0. The van der Waals surface area contributed by atoms with Gasteiger partial charge in [0, 0.05) is 5.88 Å². The summed E-state index contributed by atoms with van der Waals surface area (Å²) in [6.07, 6.45) is 22.3. The summed E-state index contributed by atoms with van der Waals surface area (Å²) >= 11 is 5.65. The number of unbranched alkanes of at least 4 members (excludes halogenated alkanes) is 14. The first-order valence-electron chi connectivity index (χ1n) is 8.51. The number of halogens is 1. The Morgan fingerprint density at radius 1 is 0.526 bits per heavy atom. The quantitative estimate of drug-likeness (QED) is 0.210. The highest BCUT2D eigenvalue weighted by atomic mass is 35.5. The molecule has 0 aliphatic carbocycles. The molecule has 0 unspecified atom stereocenters. The van der Waals surface area contributed by atoms with E-state index in [1.807, 2.05) is 0 Å². The van der Waals surface area contributed by atoms with Gasteiger partial charge in [0.05, 0.1) is 0 Å². The highest BCUT2D eigenvalue weighted by molar-refractivity contribution is 6.17. The lowest BCUT2D eigenvalue weighted by Crippen LogP contribution is -1.83. The van der Waals surface area contributed by atoms with E-state index < -0.39 is 0 Å². The number of alkyl halides is 1. The van der Waals surface area contributed by atoms with Crippen LogP contribution in [0.3, 0.4) is 0 Å². The first-order chi connectivity index (χ1) is 9.41. The van der Waals surface area contributed by atoms with Crippen LogP contribution in [-0.4, -0.2) is 5.88 Å². The smallest absolute Gasteiger partial charge is 0.0223 e. The van der Waals surface area contributed by atoms with E-state index >= 15 is 0 Å². The molecular weight excluding hydrogens is 252 g/mol. The van der Waals surface area contributed by atoms with Crippen molar-refractivity contribution in [1.82, 2.24) is 0 Å². The van der Waals surface area contributed by atoms with Gasteiger partial charge in [0.15, 0.2) is 0 Å². The van der Waals surface area contributed by atoms with Gasteiger partial charge in [0.25, 0.3) is 0 Å². The van der Waals surface area contributed by atoms with Crippen molar-refractivity contribution in [3.63, 3.8) is 0 Å². The van der Waals surface area contributed by atoms with Crippen molar-refractivity contribution in [3.05, 3.63) is 12.7 Å². The van der Waals surface area contributed by atoms with Gasteiger partial charge >= 0.3 is 0 Å². The molecule has 0 aromatic rings. The Labute approximate surface area is 127 Å². The molecule has 0 aliphatic rings. The number of rotatable bonds is 16. The fourth-order valence-corrected chi connectivity index (χ4v) is 2.67. The van der Waals surface area contributed by atoms with Crippen molar-refractivity contribution < 1.29 is 0 Å². The van der Waals surface area contributed by atoms with E-state index in [-0.39, 0.29) is 0 Å². The van der Waals surface area contributed by atoms with Crippen molar-refractivity contribution in [1.29, 1.82) is 0 Å². The van der Waals surface area contributed by atoms with Crippen LogP contribution >= 0.6 is 11.6 Å². The van der Waals surface area contributed by atoms with Gasteiger partial charge < -0.3 is 0 Å². The van der Waals surface area contributed by atoms with Crippen molar-refractivity contribution >= 4 is 11.6 Å². The monoisotopic (exact) mass is 285 g/mol. The van der Waals surface area contributed by atoms with Crippen molar-refractivity contribution in [2.45, 2.75) is 96.3 Å². The van der Waals surface area contributed by atoms with Gasteiger partial charge in [-0.15, -0.1) is 11.6 Å². The minimum Gasteiger partial charge on any atom is -0.127 e. The topological polar surface area (TPSA) is 0 Å². The summed E-state index contributed by atoms with van der Waals surface area (Å²) in [4.78, 5) is 0. The van der Waals surface area contributed by atoms with Crippen LogP contribution in [0, 0.1) is 6.58 Å². The predicted molar refractivity (Wildman–Crippen MR) is 88.8 cm³/mol. The molecule has 0 atom stereocenters. The Balaban J connectivity index is 2.89. The molecule has 0 N–H and O–H groups in total. The molecule has 0 aliphatic heterocycles. The van der Waals surface area contributed by atoms with E-state index in [2.05, 4.69) is 0 Å². The summed E-state index contributed by atoms with van der Waals surface area (Å²) in [7, 11) is 0. The zero-order valence-electron chi connectivity index (χ0n) is 12.8. The molecular formula is C18H34Cl. The molecule has 0 nitrogen and oxygen atoms in total. The van der Waals surface area contributed by atoms with Gasteiger partial charge in [0.2, 0.25) is 0 Å². The van der Waals surface area contributed by atoms with Gasteiger partial charge in [-0.05, 0) is 19.3 Å². The zero-order chi connectivity index (χ0) is 14.0. The summed E-state index contributed by atoms with van der Waals surface area (Å²) in [5.74, 6) is 0.838. The Morgan fingerprint density at radius 3 is 1.16 bits per heavy atom. The number of hydrogen-bond acceptors (Lipinski definition) is 0. The third-order valence-corrected chi connectivity index (χ3v) is 4.02. The maximum atomic E-state index is 5.65. The number of hydrogen-bond donors (Lipinski definition) is 0. The Hall–Kier alpha value is 0.0300. The van der Waals surface area contributed by atoms with E-state index in [4.69, 9.17) is 18.2 Å². The van der Waals surface area contributed by atoms with E-state index in [9.17, 15) is 0 Å². The van der Waals surface area contributed by atoms with Crippen LogP contribution in [0.5, 0.6) is 0 Å². The van der Waals surface area contributed by atoms with Crippen LogP contribution in [0.4, 0.5) is 0 Å². The summed E-state index contributed by atoms with van der Waals surface area (Å²) in [6.45, 7) is 5.35. The summed E-state index contributed by atoms with van der Waals surface area (Å²) in [5, 5.41) is 0. The molecule has 0 rings (SSSR count). The third-order valence-electron chi connectivity index (χ3n) is 3.75. The highest BCUT2D eigenvalue weighted by Gasteiger charge is 1.93. The Kier molecular flexibility index (Phi) is 18.1. The first-order valence-corrected chi connectivity index (χ1v) is 9.04. The molecule has 113 valence electrons. The Bertz CT molecular complexity index is 165. The fraction of sp³-hybridized carbons (Fsp3) is 0.889. The van der Waals surface area contributed by atoms with E-state index in [0.717, 1.165) is 12.3 Å². The van der Waals surface area contributed by atoms with Crippen LogP contribution in [0.2, 0.25) is 0 Å². The normalized spacial score (nSPS) is 10.8. The van der Waals surface area contributed by atoms with Gasteiger partial charge in [-0.1, -0.05) is 89.7 Å². The molecule has 0 amide bonds. The molecule has 0 aromatic carbocycles. The molecule has 1 heteroatoms. The molecule has 0 fully saturated rings. The molecule has 1 radical (unpaired) electrons. The van der Waals surface area contributed by atoms with E-state index in [1.165, 1.54) is 89.9 Å². The van der Waals surface area contributed by atoms with Crippen LogP contribution in [0.1, 0.15) is 96.3 Å². The average Bonchev–Trinajstić information content (AvgIpc) is 2.43. The highest BCUT2D eigenvalue weighted by Crippen LogP contribution is 2.13. The second kappa shape index (κ2) is 18.0. The standard InChI is InChI=1S/C18H34Cl/c1-2-3-4-5-6-7-8-9-10-11-12-13-14-15-16-17-18-19/h1-2H,3-18H2. The second-order valence-corrected chi connectivity index (χ2v) is 6.04. The predicted octanol–water partition coefficient (Wildman–Crippen LogP) is 7.07. The van der Waals surface area contributed by atoms with Gasteiger partial charge in [-0.25, -0.2) is 0 Å². The minimum absolute atomic E-state index is 0.838. The molecule has 0 saturated carbocycles. The average molecular weight is 286 g/mol. The van der Waals surface area contributed by atoms with Gasteiger partial charge in [0.1, 0.15) is 0 Å². The lowest BCUT2D eigenvalue weighted by Gasteiger charge is -2.02. The lowest BCUT2D eigenvalue weighted by atomic mass is 10.0. The van der Waals surface area contributed by atoms with Crippen molar-refractivity contribution in [2.75, 3.05) is 5.88 Å². The van der Waals surface area contributed by atoms with Crippen molar-refractivity contribution in [3.8, 4) is 0 Å². The van der Waals surface area contributed by atoms with Crippen LogP contribution < -0.4 is 0 Å². The lowest BCUT2D eigenvalue weighted by molar-refractivity contribution is 0.536. The Morgan fingerprint density at radius 2 is 0.842 bits per heavy atom. The maximum absolute atomic E-state index is 5.65. The second-order valence-electron chi connectivity index (χ2n) is 5.66. The maximum Gasteiger partial charge on any atom is 0.0223 e. The van der Waals surface area contributed by atoms with Gasteiger partial charge in [-0.2, -0.15) is 0 Å². The molecule has 0 spiro atoms. The summed E-state index contributed by atoms with van der Waals surface area (Å²) in [6, 6.07) is 0. The van der Waals surface area contributed by atoms with Crippen molar-refractivity contribution in [2.24, 2.45) is 0 Å². The summed E-state index contributed by atoms with van der Waals surface area (Å²) in [5.41, 5.74) is 0. The molecule has 0 saturated heterocycles. The summed E-state index contributed by atoms with van der Waals surface area (Å²) < 4.78 is 0. The van der Waals surface area contributed by atoms with E-state index in [0.29, 0.717) is 0 Å². The largest absolute Gasteiger partial charge is 0.127 e. The first kappa shape index (κ1) is 19.0.